The molecule has 0 spiro atoms. The monoisotopic (exact) mass is 858 g/mol. The molecular weight excluding hydrogens is 808 g/mol. The van der Waals surface area contributed by atoms with E-state index < -0.39 is 11.9 Å². The van der Waals surface area contributed by atoms with E-state index in [9.17, 15) is 24.0 Å². The topological polar surface area (TPSA) is 157 Å². The van der Waals surface area contributed by atoms with Gasteiger partial charge in [-0.25, -0.2) is 9.97 Å². The summed E-state index contributed by atoms with van der Waals surface area (Å²) in [6.07, 6.45) is 6.90. The maximum atomic E-state index is 13.8. The molecule has 1 aromatic heterocycles. The minimum absolute atomic E-state index is 0.0627. The van der Waals surface area contributed by atoms with Crippen LogP contribution in [0.25, 0.3) is 22.4 Å². The molecule has 9 rings (SSSR count). The number of ether oxygens (including phenoxy) is 1. The first-order valence-electron chi connectivity index (χ1n) is 21.8. The molecule has 1 saturated carbocycles. The molecule has 5 amide bonds. The third-order valence-corrected chi connectivity index (χ3v) is 13.3. The van der Waals surface area contributed by atoms with Gasteiger partial charge in [0, 0.05) is 88.2 Å². The molecule has 5 aliphatic rings. The molecule has 4 aromatic rings. The number of likely N-dealkylation sites (tertiary alicyclic amines) is 1. The van der Waals surface area contributed by atoms with Crippen LogP contribution in [0.1, 0.15) is 67.3 Å². The highest BCUT2D eigenvalue weighted by molar-refractivity contribution is 6.33. The summed E-state index contributed by atoms with van der Waals surface area (Å²) in [5, 5.41) is 6.32. The molecule has 4 aliphatic heterocycles. The molecule has 15 heteroatoms. The van der Waals surface area contributed by atoms with Gasteiger partial charge in [0.25, 0.3) is 5.91 Å². The van der Waals surface area contributed by atoms with E-state index in [4.69, 9.17) is 21.3 Å². The smallest absolute Gasteiger partial charge is 0.255 e. The number of aromatic nitrogens is 2. The molecule has 0 radical (unpaired) electrons. The number of halogens is 1. The molecule has 322 valence electrons. The highest BCUT2D eigenvalue weighted by Crippen LogP contribution is 2.34. The average Bonchev–Trinajstić information content (AvgIpc) is 3.62. The number of piperazine rings is 1. The van der Waals surface area contributed by atoms with E-state index in [1.165, 1.54) is 4.90 Å². The summed E-state index contributed by atoms with van der Waals surface area (Å²) in [6.45, 7) is 4.30. The molecule has 3 atom stereocenters. The zero-order valence-corrected chi connectivity index (χ0v) is 35.4. The molecule has 2 N–H and O–H groups in total. The molecule has 0 bridgehead atoms. The highest BCUT2D eigenvalue weighted by atomic mass is 35.5. The van der Waals surface area contributed by atoms with Gasteiger partial charge in [-0.2, -0.15) is 0 Å². The zero-order valence-electron chi connectivity index (χ0n) is 34.6. The standard InChI is InChI=1S/C47H51ClN8O6/c48-39-27-49-47(52-43(39)32-9-4-8-31(24-32)30-6-2-1-3-7-30)50-35-11-5-10-33(25-35)45(60)55-22-20-53(21-23-55)29-42(58)54-18-16-36(17-19-54)62-37-12-13-38-34(26-37)28-56(46(38)61)40-14-15-41(57)51-44(40)59/h1-4,6-9,12-13,24,26-27,33,35-36,40H,5,10-11,14-23,25,28-29H2,(H,49,50,52)(H,51,57,59)/t33-,35+,40?/m0/s1. The van der Waals surface area contributed by atoms with Crippen LogP contribution >= 0.6 is 11.6 Å². The second kappa shape index (κ2) is 18.2. The van der Waals surface area contributed by atoms with Crippen molar-refractivity contribution in [2.24, 2.45) is 5.92 Å². The Morgan fingerprint density at radius 2 is 1.60 bits per heavy atom. The van der Waals surface area contributed by atoms with Crippen LogP contribution in [-0.4, -0.2) is 123 Å². The van der Waals surface area contributed by atoms with Crippen LogP contribution in [0.3, 0.4) is 0 Å². The first kappa shape index (κ1) is 41.5. The Morgan fingerprint density at radius 1 is 0.823 bits per heavy atom. The lowest BCUT2D eigenvalue weighted by Crippen LogP contribution is -2.54. The van der Waals surface area contributed by atoms with Crippen LogP contribution < -0.4 is 15.4 Å². The number of carbonyl (C=O) groups is 5. The van der Waals surface area contributed by atoms with Gasteiger partial charge in [-0.3, -0.25) is 34.2 Å². The van der Waals surface area contributed by atoms with Gasteiger partial charge in [0.05, 0.1) is 23.5 Å². The molecule has 62 heavy (non-hydrogen) atoms. The van der Waals surface area contributed by atoms with E-state index in [0.29, 0.717) is 106 Å². The molecule has 3 aromatic carbocycles. The number of imide groups is 1. The van der Waals surface area contributed by atoms with E-state index >= 15 is 0 Å². The predicted molar refractivity (Wildman–Crippen MR) is 233 cm³/mol. The van der Waals surface area contributed by atoms with Gasteiger partial charge in [-0.05, 0) is 66.6 Å². The summed E-state index contributed by atoms with van der Waals surface area (Å²) < 4.78 is 6.32. The van der Waals surface area contributed by atoms with E-state index in [1.807, 2.05) is 46.2 Å². The normalized spacial score (nSPS) is 22.3. The number of hydrogen-bond donors (Lipinski definition) is 2. The average molecular weight is 859 g/mol. The number of carbonyl (C=O) groups excluding carboxylic acids is 5. The van der Waals surface area contributed by atoms with Crippen LogP contribution in [-0.2, 0) is 25.7 Å². The number of piperidine rings is 2. The SMILES string of the molecule is O=C1CCC(N2Cc3cc(OC4CCN(C(=O)CN5CCN(C(=O)[C@H]6CCC[C@@H](Nc7ncc(Cl)c(-c8cccc(-c9ccccc9)c8)n7)C6)CC5)CC4)ccc3C2=O)C(=O)N1. The lowest BCUT2D eigenvalue weighted by atomic mass is 9.84. The number of amides is 5. The van der Waals surface area contributed by atoms with Gasteiger partial charge in [0.15, 0.2) is 0 Å². The molecule has 4 fully saturated rings. The molecule has 3 saturated heterocycles. The van der Waals surface area contributed by atoms with Crippen molar-refractivity contribution in [2.45, 2.75) is 76.1 Å². The number of fused-ring (bicyclic) bond motifs is 1. The summed E-state index contributed by atoms with van der Waals surface area (Å²) in [6, 6.07) is 23.2. The highest BCUT2D eigenvalue weighted by Gasteiger charge is 2.39. The van der Waals surface area contributed by atoms with Crippen LogP contribution in [0.15, 0.2) is 79.0 Å². The third kappa shape index (κ3) is 9.17. The quantitative estimate of drug-likeness (QED) is 0.198. The summed E-state index contributed by atoms with van der Waals surface area (Å²) in [5.74, 6) is 0.388. The van der Waals surface area contributed by atoms with Crippen LogP contribution in [0.4, 0.5) is 5.95 Å². The summed E-state index contributed by atoms with van der Waals surface area (Å²) >= 11 is 6.62. The van der Waals surface area contributed by atoms with Crippen molar-refractivity contribution in [3.05, 3.63) is 95.1 Å². The van der Waals surface area contributed by atoms with Gasteiger partial charge in [0.2, 0.25) is 29.6 Å². The molecule has 14 nitrogen and oxygen atoms in total. The maximum Gasteiger partial charge on any atom is 0.255 e. The zero-order chi connectivity index (χ0) is 42.7. The predicted octanol–water partition coefficient (Wildman–Crippen LogP) is 5.41. The minimum atomic E-state index is -0.660. The largest absolute Gasteiger partial charge is 0.490 e. The van der Waals surface area contributed by atoms with Gasteiger partial charge >= 0.3 is 0 Å². The third-order valence-electron chi connectivity index (χ3n) is 13.0. The second-order valence-electron chi connectivity index (χ2n) is 17.1. The fraction of sp³-hybridized carbons (Fsp3) is 0.426. The van der Waals surface area contributed by atoms with Crippen LogP contribution in [0.5, 0.6) is 5.75 Å². The van der Waals surface area contributed by atoms with Crippen molar-refractivity contribution in [3.63, 3.8) is 0 Å². The second-order valence-corrected chi connectivity index (χ2v) is 17.5. The van der Waals surface area contributed by atoms with E-state index in [-0.39, 0.29) is 48.1 Å². The first-order chi connectivity index (χ1) is 30.1. The number of rotatable bonds is 10. The van der Waals surface area contributed by atoms with E-state index in [2.05, 4.69) is 44.8 Å². The number of hydrogen-bond acceptors (Lipinski definition) is 10. The van der Waals surface area contributed by atoms with Gasteiger partial charge in [0.1, 0.15) is 17.9 Å². The Bertz CT molecular complexity index is 2350. The molecule has 5 heterocycles. The van der Waals surface area contributed by atoms with Crippen molar-refractivity contribution < 1.29 is 28.7 Å². The number of anilines is 1. The van der Waals surface area contributed by atoms with Gasteiger partial charge < -0.3 is 24.8 Å². The lowest BCUT2D eigenvalue weighted by molar-refractivity contribution is -0.140. The van der Waals surface area contributed by atoms with Crippen molar-refractivity contribution >= 4 is 47.1 Å². The lowest BCUT2D eigenvalue weighted by Gasteiger charge is -2.39. The fourth-order valence-corrected chi connectivity index (χ4v) is 9.76. The molecule has 1 unspecified atom stereocenters. The Balaban J connectivity index is 0.711. The van der Waals surface area contributed by atoms with Gasteiger partial charge in [-0.15, -0.1) is 0 Å². The van der Waals surface area contributed by atoms with Crippen LogP contribution in [0.2, 0.25) is 5.02 Å². The number of benzene rings is 3. The van der Waals surface area contributed by atoms with Crippen molar-refractivity contribution in [3.8, 4) is 28.1 Å². The minimum Gasteiger partial charge on any atom is -0.490 e. The van der Waals surface area contributed by atoms with Crippen LogP contribution in [0, 0.1) is 5.92 Å². The van der Waals surface area contributed by atoms with Crippen molar-refractivity contribution in [1.29, 1.82) is 0 Å². The Kier molecular flexibility index (Phi) is 12.2. The Hall–Kier alpha value is -5.86. The van der Waals surface area contributed by atoms with E-state index in [1.54, 1.807) is 18.3 Å². The number of nitrogens with zero attached hydrogens (tertiary/aromatic N) is 6. The Morgan fingerprint density at radius 3 is 2.39 bits per heavy atom. The van der Waals surface area contributed by atoms with Gasteiger partial charge in [-0.1, -0.05) is 66.6 Å². The maximum absolute atomic E-state index is 13.8. The van der Waals surface area contributed by atoms with E-state index in [0.717, 1.165) is 41.5 Å². The summed E-state index contributed by atoms with van der Waals surface area (Å²) in [7, 11) is 0. The molecular formula is C47H51ClN8O6. The fourth-order valence-electron chi connectivity index (χ4n) is 9.56. The van der Waals surface area contributed by atoms with Crippen molar-refractivity contribution in [1.82, 2.24) is 34.9 Å². The number of nitrogens with one attached hydrogen (secondary N) is 2. The van der Waals surface area contributed by atoms with Crippen molar-refractivity contribution in [2.75, 3.05) is 51.1 Å². The molecule has 1 aliphatic carbocycles. The summed E-state index contributed by atoms with van der Waals surface area (Å²) in [4.78, 5) is 81.2. The first-order valence-corrected chi connectivity index (χ1v) is 22.2. The summed E-state index contributed by atoms with van der Waals surface area (Å²) in [5.41, 5.74) is 5.11. The Labute approximate surface area is 365 Å².